The van der Waals surface area contributed by atoms with E-state index in [0.717, 1.165) is 35.4 Å². The Bertz CT molecular complexity index is 1070. The second-order valence-electron chi connectivity index (χ2n) is 10.4. The quantitative estimate of drug-likeness (QED) is 0.705. The highest BCUT2D eigenvalue weighted by Gasteiger charge is 2.63. The lowest BCUT2D eigenvalue weighted by Gasteiger charge is -2.45. The largest absolute Gasteiger partial charge is 0.489 e. The molecule has 1 aliphatic heterocycles. The van der Waals surface area contributed by atoms with Crippen LogP contribution in [0.5, 0.6) is 0 Å². The lowest BCUT2D eigenvalue weighted by molar-refractivity contribution is -0.157. The first-order chi connectivity index (χ1) is 15.7. The van der Waals surface area contributed by atoms with Crippen LogP contribution in [0.3, 0.4) is 0 Å². The Kier molecular flexibility index (Phi) is 5.31. The zero-order valence-electron chi connectivity index (χ0n) is 19.8. The van der Waals surface area contributed by atoms with E-state index in [1.54, 1.807) is 6.20 Å². The summed E-state index contributed by atoms with van der Waals surface area (Å²) in [6.45, 7) is 6.54. The molecule has 1 N–H and O–H groups in total. The molecule has 1 fully saturated rings. The Hall–Kier alpha value is -2.73. The number of allylic oxidation sites excluding steroid dienone is 4. The maximum Gasteiger partial charge on any atom is 0.303 e. The van der Waals surface area contributed by atoms with E-state index in [1.807, 2.05) is 32.3 Å². The van der Waals surface area contributed by atoms with Gasteiger partial charge in [-0.3, -0.25) is 14.6 Å². The first-order valence-electron chi connectivity index (χ1n) is 11.8. The molecule has 6 nitrogen and oxygen atoms in total. The topological polar surface area (TPSA) is 77.5 Å². The Balaban J connectivity index is 1.55. The van der Waals surface area contributed by atoms with E-state index in [9.17, 15) is 9.59 Å². The van der Waals surface area contributed by atoms with E-state index < -0.39 is 5.60 Å². The number of pyridine rings is 1. The van der Waals surface area contributed by atoms with Crippen molar-refractivity contribution < 1.29 is 19.1 Å². The summed E-state index contributed by atoms with van der Waals surface area (Å²) in [7, 11) is 1.92. The smallest absolute Gasteiger partial charge is 0.303 e. The zero-order chi connectivity index (χ0) is 23.4. The van der Waals surface area contributed by atoms with Crippen molar-refractivity contribution in [2.24, 2.45) is 17.3 Å². The molecule has 6 atom stereocenters. The van der Waals surface area contributed by atoms with E-state index in [1.165, 1.54) is 6.92 Å². The van der Waals surface area contributed by atoms with Crippen LogP contribution < -0.4 is 5.32 Å². The molecule has 0 aromatic carbocycles. The van der Waals surface area contributed by atoms with Gasteiger partial charge in [0.25, 0.3) is 0 Å². The summed E-state index contributed by atoms with van der Waals surface area (Å²) in [6, 6.07) is 4.00. The van der Waals surface area contributed by atoms with Crippen LogP contribution in [0, 0.1) is 17.3 Å². The van der Waals surface area contributed by atoms with Gasteiger partial charge in [0, 0.05) is 49.4 Å². The van der Waals surface area contributed by atoms with Gasteiger partial charge in [-0.15, -0.1) is 0 Å². The third kappa shape index (κ3) is 3.55. The summed E-state index contributed by atoms with van der Waals surface area (Å²) in [6.07, 6.45) is 11.8. The van der Waals surface area contributed by atoms with Gasteiger partial charge in [-0.25, -0.2) is 0 Å². The van der Waals surface area contributed by atoms with Crippen molar-refractivity contribution in [1.29, 1.82) is 0 Å². The highest BCUT2D eigenvalue weighted by molar-refractivity contribution is 6.00. The second kappa shape index (κ2) is 7.94. The number of Topliss-reactive ketones (excluding diaryl/α,β-unsaturated/α-hetero) is 1. The van der Waals surface area contributed by atoms with Gasteiger partial charge in [0.1, 0.15) is 17.5 Å². The van der Waals surface area contributed by atoms with Crippen LogP contribution in [0.2, 0.25) is 0 Å². The molecule has 2 unspecified atom stereocenters. The molecular weight excluding hydrogens is 416 g/mol. The maximum absolute atomic E-state index is 12.8. The third-order valence-electron chi connectivity index (χ3n) is 8.00. The number of carbonyl (C=O) groups excluding carboxylic acids is 2. The fourth-order valence-electron chi connectivity index (χ4n) is 6.87. The molecule has 0 amide bonds. The highest BCUT2D eigenvalue weighted by atomic mass is 16.6. The minimum Gasteiger partial charge on any atom is -0.489 e. The molecule has 1 aromatic heterocycles. The standard InChI is InChI=1S/C27H32N2O4/c1-16(30)33-27(3)13-21-24-18(7-8-26(21,2)25(27)19-6-5-9-29-15-19)12-20-22(31)10-17(14-28-4)11-23(20)32-24/h5-9,12,15,17,21,24-25,28H,10-11,13-14H2,1-4H3/t17?,21-,24+,25+,26-,27?/m0/s1. The SMILES string of the molecule is CNCC1CC(=O)C2=C(C1)O[C@@H]1C(=C2)C=C[C@@]2(C)[C@H]1CC(C)(OC(C)=O)[C@@H]2c1cccnc1. The van der Waals surface area contributed by atoms with Crippen LogP contribution in [0.25, 0.3) is 0 Å². The van der Waals surface area contributed by atoms with Crippen molar-refractivity contribution in [3.05, 3.63) is 65.2 Å². The van der Waals surface area contributed by atoms with Gasteiger partial charge >= 0.3 is 5.97 Å². The van der Waals surface area contributed by atoms with Gasteiger partial charge in [-0.05, 0) is 56.1 Å². The van der Waals surface area contributed by atoms with E-state index in [4.69, 9.17) is 9.47 Å². The van der Waals surface area contributed by atoms with Gasteiger partial charge in [-0.1, -0.05) is 25.1 Å². The molecule has 0 radical (unpaired) electrons. The van der Waals surface area contributed by atoms with E-state index in [2.05, 4.69) is 35.4 Å². The number of hydrogen-bond acceptors (Lipinski definition) is 6. The normalized spacial score (nSPS) is 37.0. The molecule has 1 saturated carbocycles. The summed E-state index contributed by atoms with van der Waals surface area (Å²) in [5.41, 5.74) is 1.83. The predicted octanol–water partition coefficient (Wildman–Crippen LogP) is 3.86. The molecule has 4 aliphatic rings. The number of nitrogens with zero attached hydrogens (tertiary/aromatic N) is 1. The number of hydrogen-bond donors (Lipinski definition) is 1. The number of nitrogens with one attached hydrogen (secondary N) is 1. The Labute approximate surface area is 195 Å². The molecular formula is C27H32N2O4. The molecule has 2 heterocycles. The fraction of sp³-hybridized carbons (Fsp3) is 0.519. The van der Waals surface area contributed by atoms with Crippen molar-refractivity contribution in [1.82, 2.24) is 10.3 Å². The fourth-order valence-corrected chi connectivity index (χ4v) is 6.87. The van der Waals surface area contributed by atoms with Gasteiger partial charge < -0.3 is 14.8 Å². The second-order valence-corrected chi connectivity index (χ2v) is 10.4. The monoisotopic (exact) mass is 448 g/mol. The highest BCUT2D eigenvalue weighted by Crippen LogP contribution is 2.64. The summed E-state index contributed by atoms with van der Waals surface area (Å²) < 4.78 is 12.7. The molecule has 33 heavy (non-hydrogen) atoms. The Morgan fingerprint density at radius 3 is 2.85 bits per heavy atom. The molecule has 174 valence electrons. The van der Waals surface area contributed by atoms with Crippen molar-refractivity contribution in [2.45, 2.75) is 57.7 Å². The van der Waals surface area contributed by atoms with E-state index >= 15 is 0 Å². The maximum atomic E-state index is 12.8. The molecule has 0 bridgehead atoms. The molecule has 0 saturated heterocycles. The van der Waals surface area contributed by atoms with Gasteiger partial charge in [-0.2, -0.15) is 0 Å². The minimum atomic E-state index is -0.691. The molecule has 1 aromatic rings. The van der Waals surface area contributed by atoms with Crippen molar-refractivity contribution in [2.75, 3.05) is 13.6 Å². The summed E-state index contributed by atoms with van der Waals surface area (Å²) in [4.78, 5) is 29.3. The average Bonchev–Trinajstić information content (AvgIpc) is 2.99. The lowest BCUT2D eigenvalue weighted by Crippen LogP contribution is -2.42. The number of esters is 1. The summed E-state index contributed by atoms with van der Waals surface area (Å²) in [5.74, 6) is 0.979. The average molecular weight is 449 g/mol. The number of fused-ring (bicyclic) bond motifs is 3. The lowest BCUT2D eigenvalue weighted by atomic mass is 9.64. The zero-order valence-corrected chi connectivity index (χ0v) is 19.8. The Morgan fingerprint density at radius 1 is 1.33 bits per heavy atom. The third-order valence-corrected chi connectivity index (χ3v) is 8.00. The minimum absolute atomic E-state index is 0.0607. The van der Waals surface area contributed by atoms with Crippen molar-refractivity contribution in [3.63, 3.8) is 0 Å². The van der Waals surface area contributed by atoms with Gasteiger partial charge in [0.15, 0.2) is 5.78 Å². The number of ketones is 1. The summed E-state index contributed by atoms with van der Waals surface area (Å²) >= 11 is 0. The van der Waals surface area contributed by atoms with Crippen LogP contribution in [0.1, 0.15) is 51.5 Å². The molecule has 3 aliphatic carbocycles. The van der Waals surface area contributed by atoms with E-state index in [-0.39, 0.29) is 41.0 Å². The molecule has 5 rings (SSSR count). The van der Waals surface area contributed by atoms with Crippen molar-refractivity contribution in [3.8, 4) is 0 Å². The number of aromatic nitrogens is 1. The van der Waals surface area contributed by atoms with Crippen LogP contribution in [-0.2, 0) is 19.1 Å². The van der Waals surface area contributed by atoms with Crippen LogP contribution in [0.4, 0.5) is 0 Å². The van der Waals surface area contributed by atoms with Crippen LogP contribution in [0.15, 0.2) is 59.7 Å². The first kappa shape index (κ1) is 22.1. The van der Waals surface area contributed by atoms with Crippen LogP contribution >= 0.6 is 0 Å². The number of carbonyl (C=O) groups is 2. The predicted molar refractivity (Wildman–Crippen MR) is 124 cm³/mol. The van der Waals surface area contributed by atoms with Crippen LogP contribution in [-0.4, -0.2) is 42.0 Å². The first-order valence-corrected chi connectivity index (χ1v) is 11.8. The molecule has 6 heteroatoms. The van der Waals surface area contributed by atoms with Crippen molar-refractivity contribution >= 4 is 11.8 Å². The summed E-state index contributed by atoms with van der Waals surface area (Å²) in [5, 5.41) is 3.19. The van der Waals surface area contributed by atoms with E-state index in [0.29, 0.717) is 12.8 Å². The van der Waals surface area contributed by atoms with Gasteiger partial charge in [0.2, 0.25) is 0 Å². The molecule has 0 spiro atoms. The Morgan fingerprint density at radius 2 is 2.15 bits per heavy atom. The number of rotatable bonds is 4. The number of ether oxygens (including phenoxy) is 2. The van der Waals surface area contributed by atoms with Gasteiger partial charge in [0.05, 0.1) is 5.57 Å².